The van der Waals surface area contributed by atoms with Crippen molar-refractivity contribution in [1.29, 1.82) is 0 Å². The summed E-state index contributed by atoms with van der Waals surface area (Å²) in [5, 5.41) is 9.23. The van der Waals surface area contributed by atoms with Gasteiger partial charge in [0, 0.05) is 12.5 Å². The van der Waals surface area contributed by atoms with Crippen LogP contribution in [0.1, 0.15) is 36.8 Å². The topological polar surface area (TPSA) is 40.5 Å². The number of piperidine rings is 1. The molecule has 1 aromatic carbocycles. The molecule has 1 aliphatic heterocycles. The molecule has 3 heteroatoms. The predicted octanol–water partition coefficient (Wildman–Crippen LogP) is 2.51. The average Bonchev–Trinajstić information content (AvgIpc) is 2.38. The van der Waals surface area contributed by atoms with Crippen molar-refractivity contribution in [3.63, 3.8) is 0 Å². The third-order valence-electron chi connectivity index (χ3n) is 4.92. The molecular formula is C16H21NO2. The molecule has 19 heavy (non-hydrogen) atoms. The maximum atomic E-state index is 11.2. The van der Waals surface area contributed by atoms with E-state index in [0.29, 0.717) is 5.92 Å². The first-order chi connectivity index (χ1) is 9.08. The second-order valence-corrected chi connectivity index (χ2v) is 6.27. The van der Waals surface area contributed by atoms with E-state index in [4.69, 9.17) is 0 Å². The number of aliphatic carboxylic acids is 1. The molecule has 0 aromatic heterocycles. The zero-order valence-corrected chi connectivity index (χ0v) is 11.4. The van der Waals surface area contributed by atoms with E-state index in [1.807, 2.05) is 6.92 Å². The van der Waals surface area contributed by atoms with E-state index >= 15 is 0 Å². The predicted molar refractivity (Wildman–Crippen MR) is 74.3 cm³/mol. The Hall–Kier alpha value is -1.35. The molecular weight excluding hydrogens is 238 g/mol. The zero-order valence-electron chi connectivity index (χ0n) is 11.4. The molecule has 1 aliphatic carbocycles. The smallest absolute Gasteiger partial charge is 0.309 e. The van der Waals surface area contributed by atoms with Gasteiger partial charge in [-0.2, -0.15) is 0 Å². The van der Waals surface area contributed by atoms with Crippen LogP contribution in [-0.2, 0) is 11.2 Å². The van der Waals surface area contributed by atoms with Gasteiger partial charge < -0.3 is 10.0 Å². The SMILES string of the molecule is CC1(C(=O)O)CCN(CC2Cc3ccccc32)CC1. The highest BCUT2D eigenvalue weighted by Gasteiger charge is 2.38. The molecule has 0 amide bonds. The van der Waals surface area contributed by atoms with Crippen molar-refractivity contribution in [1.82, 2.24) is 4.90 Å². The molecule has 1 saturated heterocycles. The van der Waals surface area contributed by atoms with Crippen molar-refractivity contribution >= 4 is 5.97 Å². The quantitative estimate of drug-likeness (QED) is 0.906. The molecule has 1 N–H and O–H groups in total. The van der Waals surface area contributed by atoms with Gasteiger partial charge in [-0.3, -0.25) is 4.79 Å². The normalized spacial score (nSPS) is 25.4. The standard InChI is InChI=1S/C16H21NO2/c1-16(15(18)19)6-8-17(9-7-16)11-13-10-12-4-2-3-5-14(12)13/h2-5,13H,6-11H2,1H3,(H,18,19). The molecule has 1 unspecified atom stereocenters. The van der Waals surface area contributed by atoms with E-state index < -0.39 is 11.4 Å². The first-order valence-corrected chi connectivity index (χ1v) is 7.12. The van der Waals surface area contributed by atoms with Gasteiger partial charge in [0.15, 0.2) is 0 Å². The van der Waals surface area contributed by atoms with Crippen LogP contribution in [-0.4, -0.2) is 35.6 Å². The first-order valence-electron chi connectivity index (χ1n) is 7.12. The van der Waals surface area contributed by atoms with Crippen LogP contribution in [0.4, 0.5) is 0 Å². The number of hydrogen-bond acceptors (Lipinski definition) is 2. The Balaban J connectivity index is 1.56. The summed E-state index contributed by atoms with van der Waals surface area (Å²) in [7, 11) is 0. The molecule has 0 spiro atoms. The molecule has 3 nitrogen and oxygen atoms in total. The number of carbonyl (C=O) groups is 1. The number of carboxylic acid groups (broad SMARTS) is 1. The molecule has 1 atom stereocenters. The molecule has 1 heterocycles. The molecule has 0 bridgehead atoms. The van der Waals surface area contributed by atoms with Crippen LogP contribution < -0.4 is 0 Å². The number of likely N-dealkylation sites (tertiary alicyclic amines) is 1. The molecule has 102 valence electrons. The number of benzene rings is 1. The Kier molecular flexibility index (Phi) is 3.09. The molecule has 1 fully saturated rings. The monoisotopic (exact) mass is 259 g/mol. The fourth-order valence-corrected chi connectivity index (χ4v) is 3.28. The highest BCUT2D eigenvalue weighted by molar-refractivity contribution is 5.74. The van der Waals surface area contributed by atoms with Crippen molar-refractivity contribution in [2.24, 2.45) is 5.41 Å². The fraction of sp³-hybridized carbons (Fsp3) is 0.562. The van der Waals surface area contributed by atoms with Crippen LogP contribution in [0.25, 0.3) is 0 Å². The fourth-order valence-electron chi connectivity index (χ4n) is 3.28. The van der Waals surface area contributed by atoms with Gasteiger partial charge in [-0.05, 0) is 50.4 Å². The minimum atomic E-state index is -0.638. The maximum absolute atomic E-state index is 11.2. The summed E-state index contributed by atoms with van der Waals surface area (Å²) in [5.41, 5.74) is 2.47. The van der Waals surface area contributed by atoms with Crippen molar-refractivity contribution in [3.8, 4) is 0 Å². The Morgan fingerprint density at radius 3 is 2.68 bits per heavy atom. The van der Waals surface area contributed by atoms with Gasteiger partial charge in [0.2, 0.25) is 0 Å². The van der Waals surface area contributed by atoms with E-state index in [1.165, 1.54) is 17.5 Å². The van der Waals surface area contributed by atoms with Crippen molar-refractivity contribution in [2.75, 3.05) is 19.6 Å². The second kappa shape index (κ2) is 4.64. The Morgan fingerprint density at radius 2 is 2.05 bits per heavy atom. The second-order valence-electron chi connectivity index (χ2n) is 6.27. The lowest BCUT2D eigenvalue weighted by Crippen LogP contribution is -2.45. The van der Waals surface area contributed by atoms with Gasteiger partial charge in [0.1, 0.15) is 0 Å². The summed E-state index contributed by atoms with van der Waals surface area (Å²) in [6.45, 7) is 4.81. The highest BCUT2D eigenvalue weighted by Crippen LogP contribution is 2.37. The summed E-state index contributed by atoms with van der Waals surface area (Å²) >= 11 is 0. The van der Waals surface area contributed by atoms with Gasteiger partial charge in [0.25, 0.3) is 0 Å². The van der Waals surface area contributed by atoms with Gasteiger partial charge in [-0.25, -0.2) is 0 Å². The third-order valence-corrected chi connectivity index (χ3v) is 4.92. The van der Waals surface area contributed by atoms with Gasteiger partial charge >= 0.3 is 5.97 Å². The van der Waals surface area contributed by atoms with Gasteiger partial charge in [-0.15, -0.1) is 0 Å². The number of hydrogen-bond donors (Lipinski definition) is 1. The van der Waals surface area contributed by atoms with E-state index in [1.54, 1.807) is 0 Å². The van der Waals surface area contributed by atoms with Crippen LogP contribution in [0.15, 0.2) is 24.3 Å². The van der Waals surface area contributed by atoms with Crippen molar-refractivity contribution < 1.29 is 9.90 Å². The van der Waals surface area contributed by atoms with Crippen molar-refractivity contribution in [3.05, 3.63) is 35.4 Å². The van der Waals surface area contributed by atoms with Gasteiger partial charge in [0.05, 0.1) is 5.41 Å². The number of carboxylic acids is 1. The average molecular weight is 259 g/mol. The summed E-state index contributed by atoms with van der Waals surface area (Å²) < 4.78 is 0. The van der Waals surface area contributed by atoms with Crippen molar-refractivity contribution in [2.45, 2.75) is 32.1 Å². The summed E-state index contributed by atoms with van der Waals surface area (Å²) in [6, 6.07) is 8.66. The Morgan fingerprint density at radius 1 is 1.37 bits per heavy atom. The lowest BCUT2D eigenvalue weighted by molar-refractivity contribution is -0.150. The van der Waals surface area contributed by atoms with E-state index in [2.05, 4.69) is 29.2 Å². The largest absolute Gasteiger partial charge is 0.481 e. The highest BCUT2D eigenvalue weighted by atomic mass is 16.4. The maximum Gasteiger partial charge on any atom is 0.309 e. The summed E-state index contributed by atoms with van der Waals surface area (Å²) in [4.78, 5) is 13.7. The van der Waals surface area contributed by atoms with Crippen LogP contribution in [0.3, 0.4) is 0 Å². The number of nitrogens with zero attached hydrogens (tertiary/aromatic N) is 1. The minimum absolute atomic E-state index is 0.506. The van der Waals surface area contributed by atoms with Crippen LogP contribution in [0.2, 0.25) is 0 Å². The molecule has 2 aliphatic rings. The molecule has 0 saturated carbocycles. The van der Waals surface area contributed by atoms with Crippen LogP contribution in [0.5, 0.6) is 0 Å². The first kappa shape index (κ1) is 12.7. The Bertz CT molecular complexity index is 489. The molecule has 3 rings (SSSR count). The number of fused-ring (bicyclic) bond motifs is 1. The summed E-state index contributed by atoms with van der Waals surface area (Å²) in [6.07, 6.45) is 2.73. The van der Waals surface area contributed by atoms with E-state index in [9.17, 15) is 9.90 Å². The minimum Gasteiger partial charge on any atom is -0.481 e. The molecule has 1 aromatic rings. The van der Waals surface area contributed by atoms with Crippen LogP contribution in [0, 0.1) is 5.41 Å². The van der Waals surface area contributed by atoms with E-state index in [0.717, 1.165) is 32.5 Å². The lowest BCUT2D eigenvalue weighted by atomic mass is 9.76. The lowest BCUT2D eigenvalue weighted by Gasteiger charge is -2.40. The summed E-state index contributed by atoms with van der Waals surface area (Å²) in [5.74, 6) is 0.0199. The zero-order chi connectivity index (χ0) is 13.5. The molecule has 0 radical (unpaired) electrons. The number of rotatable bonds is 3. The third kappa shape index (κ3) is 2.27. The van der Waals surface area contributed by atoms with Gasteiger partial charge in [-0.1, -0.05) is 24.3 Å². The Labute approximate surface area is 114 Å². The van der Waals surface area contributed by atoms with Crippen LogP contribution >= 0.6 is 0 Å². The van der Waals surface area contributed by atoms with E-state index in [-0.39, 0.29) is 0 Å².